The number of hydrogen-bond acceptors (Lipinski definition) is 0. The summed E-state index contributed by atoms with van der Waals surface area (Å²) >= 11 is 0. The molecule has 0 rings (SSSR count). The minimum atomic E-state index is -2.17. The van der Waals surface area contributed by atoms with Crippen LogP contribution in [0.4, 0.5) is 8.78 Å². The Labute approximate surface area is 35.6 Å². The van der Waals surface area contributed by atoms with Crippen LogP contribution in [0.15, 0.2) is 0 Å². The molecule has 0 fully saturated rings. The molecule has 3 heteroatoms. The molecule has 0 N–H and O–H groups in total. The average molecular weight is 102 g/mol. The Kier molecular flexibility index (Phi) is 7.42. The molecule has 0 atom stereocenters. The minimum absolute atomic E-state index is 0. The molecule has 34 valence electrons. The lowest BCUT2D eigenvalue weighted by atomic mass is 10.9. The average Bonchev–Trinajstić information content (AvgIpc) is 0.811. The first-order chi connectivity index (χ1) is 1.73. The molecule has 0 saturated heterocycles. The van der Waals surface area contributed by atoms with E-state index in [-0.39, 0.29) is 12.4 Å². The van der Waals surface area contributed by atoms with E-state index in [2.05, 4.69) is 0 Å². The summed E-state index contributed by atoms with van der Waals surface area (Å²) in [5, 5.41) is 0. The van der Waals surface area contributed by atoms with Crippen molar-refractivity contribution in [1.29, 1.82) is 0 Å². The van der Waals surface area contributed by atoms with Crippen LogP contribution in [0.2, 0.25) is 0 Å². The van der Waals surface area contributed by atoms with E-state index in [1.54, 1.807) is 0 Å². The van der Waals surface area contributed by atoms with Crippen LogP contribution < -0.4 is 12.4 Å². The van der Waals surface area contributed by atoms with Crippen molar-refractivity contribution in [1.82, 2.24) is 0 Å². The molecule has 0 unspecified atom stereocenters. The smallest absolute Gasteiger partial charge is 0.235 e. The number of rotatable bonds is 0. The Balaban J connectivity index is 0. The van der Waals surface area contributed by atoms with Crippen molar-refractivity contribution in [2.45, 2.75) is 13.3 Å². The highest BCUT2D eigenvalue weighted by atomic mass is 35.5. The quantitative estimate of drug-likeness (QED) is 0.340. The first kappa shape index (κ1) is 8.94. The van der Waals surface area contributed by atoms with E-state index in [0.29, 0.717) is 0 Å². The topological polar surface area (TPSA) is 0 Å². The van der Waals surface area contributed by atoms with Crippen molar-refractivity contribution in [3.8, 4) is 0 Å². The van der Waals surface area contributed by atoms with Crippen LogP contribution in [0.3, 0.4) is 0 Å². The van der Waals surface area contributed by atoms with Crippen molar-refractivity contribution in [2.24, 2.45) is 0 Å². The van der Waals surface area contributed by atoms with Crippen molar-refractivity contribution in [2.75, 3.05) is 0 Å². The standard InChI is InChI=1S/C2H4F2.ClH/c1-2(3)4;/h2H,1H3;1H/p-1. The molecule has 0 aliphatic heterocycles. The van der Waals surface area contributed by atoms with Crippen LogP contribution in [0.25, 0.3) is 0 Å². The maximum Gasteiger partial charge on any atom is 0.235 e. The molecule has 0 spiro atoms. The molecular formula is C2H4ClF2-. The summed E-state index contributed by atoms with van der Waals surface area (Å²) in [4.78, 5) is 0. The van der Waals surface area contributed by atoms with E-state index in [4.69, 9.17) is 0 Å². The maximum atomic E-state index is 10.3. The lowest BCUT2D eigenvalue weighted by molar-refractivity contribution is -0.00000493. The van der Waals surface area contributed by atoms with Crippen molar-refractivity contribution in [3.63, 3.8) is 0 Å². The van der Waals surface area contributed by atoms with Crippen LogP contribution in [0.1, 0.15) is 6.92 Å². The van der Waals surface area contributed by atoms with Crippen LogP contribution in [-0.2, 0) is 0 Å². The van der Waals surface area contributed by atoms with Crippen LogP contribution in [0.5, 0.6) is 0 Å². The zero-order chi connectivity index (χ0) is 3.58. The van der Waals surface area contributed by atoms with Gasteiger partial charge in [0, 0.05) is 0 Å². The molecule has 0 aromatic rings. The summed E-state index contributed by atoms with van der Waals surface area (Å²) in [6.07, 6.45) is -2.17. The van der Waals surface area contributed by atoms with Gasteiger partial charge in [0.25, 0.3) is 0 Å². The second kappa shape index (κ2) is 4.15. The van der Waals surface area contributed by atoms with Crippen molar-refractivity contribution < 1.29 is 21.2 Å². The van der Waals surface area contributed by atoms with Crippen LogP contribution in [-0.4, -0.2) is 6.43 Å². The van der Waals surface area contributed by atoms with Crippen LogP contribution >= 0.6 is 0 Å². The largest absolute Gasteiger partial charge is 1.00 e. The van der Waals surface area contributed by atoms with Crippen molar-refractivity contribution >= 4 is 0 Å². The molecule has 0 amide bonds. The molecule has 0 heterocycles. The Bertz CT molecular complexity index is 12.4. The van der Waals surface area contributed by atoms with Gasteiger partial charge in [0.2, 0.25) is 6.43 Å². The maximum absolute atomic E-state index is 10.3. The second-order valence-corrected chi connectivity index (χ2v) is 0.519. The fourth-order valence-electron chi connectivity index (χ4n) is 0. The van der Waals surface area contributed by atoms with E-state index in [0.717, 1.165) is 6.92 Å². The van der Waals surface area contributed by atoms with Gasteiger partial charge >= 0.3 is 0 Å². The summed E-state index contributed by atoms with van der Waals surface area (Å²) in [7, 11) is 0. The van der Waals surface area contributed by atoms with Crippen LogP contribution in [0, 0.1) is 0 Å². The Morgan fingerprint density at radius 3 is 1.40 bits per heavy atom. The molecule has 0 aliphatic carbocycles. The number of halogens is 3. The lowest BCUT2D eigenvalue weighted by Crippen LogP contribution is -3.00. The predicted octanol–water partition coefficient (Wildman–Crippen LogP) is -1.72. The first-order valence-electron chi connectivity index (χ1n) is 1.01. The summed E-state index contributed by atoms with van der Waals surface area (Å²) < 4.78 is 20.7. The zero-order valence-electron chi connectivity index (χ0n) is 2.71. The fraction of sp³-hybridized carbons (Fsp3) is 1.00. The molecule has 0 radical (unpaired) electrons. The Morgan fingerprint density at radius 2 is 1.40 bits per heavy atom. The third-order valence-electron chi connectivity index (χ3n) is 0. The SMILES string of the molecule is CC(F)F.[Cl-]. The molecule has 0 aliphatic rings. The molecule has 0 aromatic carbocycles. The Hall–Kier alpha value is 0.150. The van der Waals surface area contributed by atoms with Crippen molar-refractivity contribution in [3.05, 3.63) is 0 Å². The van der Waals surface area contributed by atoms with Gasteiger partial charge in [-0.3, -0.25) is 0 Å². The summed E-state index contributed by atoms with van der Waals surface area (Å²) in [6, 6.07) is 0. The third-order valence-corrected chi connectivity index (χ3v) is 0. The third kappa shape index (κ3) is 853. The van der Waals surface area contributed by atoms with E-state index in [1.165, 1.54) is 0 Å². The number of alkyl halides is 2. The number of hydrogen-bond donors (Lipinski definition) is 0. The molecule has 0 bridgehead atoms. The van der Waals surface area contributed by atoms with Gasteiger partial charge in [-0.05, 0) is 6.92 Å². The molecule has 5 heavy (non-hydrogen) atoms. The molecule has 0 saturated carbocycles. The zero-order valence-corrected chi connectivity index (χ0v) is 3.47. The van der Waals surface area contributed by atoms with Gasteiger partial charge in [0.1, 0.15) is 0 Å². The lowest BCUT2D eigenvalue weighted by Gasteiger charge is -1.70. The molecular weight excluding hydrogens is 97.5 g/mol. The highest BCUT2D eigenvalue weighted by Crippen LogP contribution is 1.82. The van der Waals surface area contributed by atoms with E-state index in [9.17, 15) is 8.78 Å². The predicted molar refractivity (Wildman–Crippen MR) is 11.7 cm³/mol. The van der Waals surface area contributed by atoms with E-state index < -0.39 is 6.43 Å². The van der Waals surface area contributed by atoms with Gasteiger partial charge < -0.3 is 12.4 Å². The first-order valence-corrected chi connectivity index (χ1v) is 1.01. The summed E-state index contributed by atoms with van der Waals surface area (Å²) in [5.41, 5.74) is 0. The van der Waals surface area contributed by atoms with Gasteiger partial charge in [-0.2, -0.15) is 0 Å². The highest BCUT2D eigenvalue weighted by Gasteiger charge is 1.79. The summed E-state index contributed by atoms with van der Waals surface area (Å²) in [5.74, 6) is 0. The van der Waals surface area contributed by atoms with E-state index >= 15 is 0 Å². The highest BCUT2D eigenvalue weighted by molar-refractivity contribution is 4.06. The normalized spacial score (nSPS) is 7.20. The van der Waals surface area contributed by atoms with Gasteiger partial charge in [0.15, 0.2) is 0 Å². The van der Waals surface area contributed by atoms with Gasteiger partial charge in [0.05, 0.1) is 0 Å². The fourth-order valence-corrected chi connectivity index (χ4v) is 0. The summed E-state index contributed by atoms with van der Waals surface area (Å²) in [6.45, 7) is 0.833. The Morgan fingerprint density at radius 1 is 1.40 bits per heavy atom. The monoisotopic (exact) mass is 101 g/mol. The minimum Gasteiger partial charge on any atom is -1.00 e. The van der Waals surface area contributed by atoms with Gasteiger partial charge in [-0.1, -0.05) is 0 Å². The molecule has 0 aromatic heterocycles. The second-order valence-electron chi connectivity index (χ2n) is 0.519. The van der Waals surface area contributed by atoms with Gasteiger partial charge in [-0.15, -0.1) is 0 Å². The van der Waals surface area contributed by atoms with E-state index in [1.807, 2.05) is 0 Å². The van der Waals surface area contributed by atoms with Gasteiger partial charge in [-0.25, -0.2) is 8.78 Å². The molecule has 0 nitrogen and oxygen atoms in total.